The van der Waals surface area contributed by atoms with Crippen molar-refractivity contribution >= 4 is 0 Å². The quantitative estimate of drug-likeness (QED) is 0.810. The van der Waals surface area contributed by atoms with E-state index in [9.17, 15) is 0 Å². The molecule has 1 N–H and O–H groups in total. The van der Waals surface area contributed by atoms with E-state index in [0.717, 1.165) is 6.04 Å². The van der Waals surface area contributed by atoms with Gasteiger partial charge in [-0.2, -0.15) is 0 Å². The zero-order chi connectivity index (χ0) is 12.1. The zero-order valence-corrected chi connectivity index (χ0v) is 11.8. The molecule has 0 aromatic rings. The van der Waals surface area contributed by atoms with Crippen molar-refractivity contribution in [1.82, 2.24) is 10.2 Å². The second-order valence-electron chi connectivity index (χ2n) is 6.44. The Morgan fingerprint density at radius 1 is 1.24 bits per heavy atom. The molecule has 0 spiro atoms. The molecule has 2 fully saturated rings. The molecule has 0 aliphatic carbocycles. The molecule has 0 bridgehead atoms. The predicted molar refractivity (Wildman–Crippen MR) is 74.3 cm³/mol. The largest absolute Gasteiger partial charge is 0.314 e. The first-order chi connectivity index (χ1) is 8.22. The molecule has 0 aromatic carbocycles. The lowest BCUT2D eigenvalue weighted by Gasteiger charge is -2.39. The van der Waals surface area contributed by atoms with E-state index in [2.05, 4.69) is 24.1 Å². The average Bonchev–Trinajstić information content (AvgIpc) is 2.39. The SMILES string of the molecule is CCC1(C)CCN(CCC2CCCCN2)CC1. The number of rotatable bonds is 4. The van der Waals surface area contributed by atoms with Crippen LogP contribution >= 0.6 is 0 Å². The molecule has 2 aliphatic rings. The minimum absolute atomic E-state index is 0.638. The van der Waals surface area contributed by atoms with E-state index >= 15 is 0 Å². The van der Waals surface area contributed by atoms with Crippen molar-refractivity contribution in [2.24, 2.45) is 5.41 Å². The van der Waals surface area contributed by atoms with Crippen LogP contribution in [-0.2, 0) is 0 Å². The van der Waals surface area contributed by atoms with Gasteiger partial charge in [0, 0.05) is 6.04 Å². The standard InChI is InChI=1S/C15H30N2/c1-3-15(2)8-12-17(13-9-15)11-7-14-6-4-5-10-16-14/h14,16H,3-13H2,1-2H3. The van der Waals surface area contributed by atoms with Gasteiger partial charge in [-0.05, 0) is 63.7 Å². The van der Waals surface area contributed by atoms with Crippen molar-refractivity contribution in [2.45, 2.75) is 64.8 Å². The Labute approximate surface area is 107 Å². The zero-order valence-electron chi connectivity index (χ0n) is 11.8. The van der Waals surface area contributed by atoms with Gasteiger partial charge < -0.3 is 10.2 Å². The van der Waals surface area contributed by atoms with Gasteiger partial charge in [0.25, 0.3) is 0 Å². The highest BCUT2D eigenvalue weighted by Crippen LogP contribution is 2.33. The summed E-state index contributed by atoms with van der Waals surface area (Å²) in [4.78, 5) is 2.69. The number of hydrogen-bond acceptors (Lipinski definition) is 2. The van der Waals surface area contributed by atoms with E-state index in [-0.39, 0.29) is 0 Å². The molecule has 0 radical (unpaired) electrons. The van der Waals surface area contributed by atoms with Crippen molar-refractivity contribution < 1.29 is 0 Å². The smallest absolute Gasteiger partial charge is 0.00792 e. The molecular formula is C15H30N2. The Bertz CT molecular complexity index is 213. The second kappa shape index (κ2) is 6.19. The fraction of sp³-hybridized carbons (Fsp3) is 1.00. The van der Waals surface area contributed by atoms with Crippen LogP contribution in [0.25, 0.3) is 0 Å². The number of hydrogen-bond donors (Lipinski definition) is 1. The fourth-order valence-corrected chi connectivity index (χ4v) is 3.18. The van der Waals surface area contributed by atoms with E-state index in [4.69, 9.17) is 0 Å². The molecule has 2 heteroatoms. The molecule has 0 amide bonds. The fourth-order valence-electron chi connectivity index (χ4n) is 3.18. The van der Waals surface area contributed by atoms with Crippen LogP contribution in [0.2, 0.25) is 0 Å². The summed E-state index contributed by atoms with van der Waals surface area (Å²) < 4.78 is 0. The monoisotopic (exact) mass is 238 g/mol. The maximum Gasteiger partial charge on any atom is 0.00792 e. The molecule has 2 nitrogen and oxygen atoms in total. The van der Waals surface area contributed by atoms with E-state index in [1.54, 1.807) is 0 Å². The highest BCUT2D eigenvalue weighted by atomic mass is 15.1. The Morgan fingerprint density at radius 3 is 2.59 bits per heavy atom. The van der Waals surface area contributed by atoms with Gasteiger partial charge in [-0.3, -0.25) is 0 Å². The molecule has 2 heterocycles. The predicted octanol–water partition coefficient (Wildman–Crippen LogP) is 3.03. The van der Waals surface area contributed by atoms with Crippen LogP contribution in [0.3, 0.4) is 0 Å². The van der Waals surface area contributed by atoms with Crippen LogP contribution in [-0.4, -0.2) is 37.1 Å². The van der Waals surface area contributed by atoms with Crippen LogP contribution < -0.4 is 5.32 Å². The molecule has 2 rings (SSSR count). The lowest BCUT2D eigenvalue weighted by molar-refractivity contribution is 0.110. The molecule has 1 atom stereocenters. The third-order valence-electron chi connectivity index (χ3n) is 5.12. The Balaban J connectivity index is 1.64. The normalized spacial score (nSPS) is 30.4. The Hall–Kier alpha value is -0.0800. The van der Waals surface area contributed by atoms with Gasteiger partial charge in [-0.15, -0.1) is 0 Å². The van der Waals surface area contributed by atoms with Crippen LogP contribution in [0.5, 0.6) is 0 Å². The minimum Gasteiger partial charge on any atom is -0.314 e. The topological polar surface area (TPSA) is 15.3 Å². The number of nitrogens with one attached hydrogen (secondary N) is 1. The molecule has 0 aromatic heterocycles. The molecule has 17 heavy (non-hydrogen) atoms. The number of likely N-dealkylation sites (tertiary alicyclic amines) is 1. The summed E-state index contributed by atoms with van der Waals surface area (Å²) in [5.41, 5.74) is 0.638. The van der Waals surface area contributed by atoms with Gasteiger partial charge >= 0.3 is 0 Å². The lowest BCUT2D eigenvalue weighted by Crippen LogP contribution is -2.42. The summed E-state index contributed by atoms with van der Waals surface area (Å²) in [7, 11) is 0. The van der Waals surface area contributed by atoms with Gasteiger partial charge in [-0.25, -0.2) is 0 Å². The van der Waals surface area contributed by atoms with Crippen LogP contribution in [0.4, 0.5) is 0 Å². The lowest BCUT2D eigenvalue weighted by atomic mass is 9.78. The minimum atomic E-state index is 0.638. The van der Waals surface area contributed by atoms with Crippen molar-refractivity contribution in [3.63, 3.8) is 0 Å². The maximum atomic E-state index is 3.66. The highest BCUT2D eigenvalue weighted by Gasteiger charge is 2.28. The highest BCUT2D eigenvalue weighted by molar-refractivity contribution is 4.82. The Kier molecular flexibility index (Phi) is 4.87. The summed E-state index contributed by atoms with van der Waals surface area (Å²) in [6, 6.07) is 0.809. The maximum absolute atomic E-state index is 3.66. The second-order valence-corrected chi connectivity index (χ2v) is 6.44. The summed E-state index contributed by atoms with van der Waals surface area (Å²) in [6.45, 7) is 10.0. The third kappa shape index (κ3) is 3.96. The third-order valence-corrected chi connectivity index (χ3v) is 5.12. The summed E-state index contributed by atoms with van der Waals surface area (Å²) in [5, 5.41) is 3.66. The van der Waals surface area contributed by atoms with Crippen molar-refractivity contribution in [2.75, 3.05) is 26.2 Å². The van der Waals surface area contributed by atoms with Crippen LogP contribution in [0, 0.1) is 5.41 Å². The first-order valence-corrected chi connectivity index (χ1v) is 7.68. The number of piperidine rings is 2. The molecular weight excluding hydrogens is 208 g/mol. The number of nitrogens with zero attached hydrogens (tertiary/aromatic N) is 1. The Morgan fingerprint density at radius 2 is 2.00 bits per heavy atom. The van der Waals surface area contributed by atoms with Gasteiger partial charge in [0.2, 0.25) is 0 Å². The van der Waals surface area contributed by atoms with E-state index in [1.807, 2.05) is 0 Å². The van der Waals surface area contributed by atoms with E-state index < -0.39 is 0 Å². The molecule has 100 valence electrons. The van der Waals surface area contributed by atoms with Crippen molar-refractivity contribution in [3.05, 3.63) is 0 Å². The first kappa shape index (κ1) is 13.4. The van der Waals surface area contributed by atoms with Gasteiger partial charge in [0.05, 0.1) is 0 Å². The molecule has 1 unspecified atom stereocenters. The average molecular weight is 238 g/mol. The summed E-state index contributed by atoms with van der Waals surface area (Å²) in [6.07, 6.45) is 9.75. The molecule has 2 saturated heterocycles. The summed E-state index contributed by atoms with van der Waals surface area (Å²) >= 11 is 0. The van der Waals surface area contributed by atoms with Gasteiger partial charge in [0.15, 0.2) is 0 Å². The molecule has 0 saturated carbocycles. The van der Waals surface area contributed by atoms with E-state index in [1.165, 1.54) is 71.1 Å². The van der Waals surface area contributed by atoms with Crippen LogP contribution in [0.1, 0.15) is 58.8 Å². The van der Waals surface area contributed by atoms with Crippen LogP contribution in [0.15, 0.2) is 0 Å². The van der Waals surface area contributed by atoms with E-state index in [0.29, 0.717) is 5.41 Å². The van der Waals surface area contributed by atoms with Gasteiger partial charge in [0.1, 0.15) is 0 Å². The van der Waals surface area contributed by atoms with Crippen molar-refractivity contribution in [1.29, 1.82) is 0 Å². The summed E-state index contributed by atoms with van der Waals surface area (Å²) in [5.74, 6) is 0. The molecule has 2 aliphatic heterocycles. The van der Waals surface area contributed by atoms with Gasteiger partial charge in [-0.1, -0.05) is 26.7 Å². The first-order valence-electron chi connectivity index (χ1n) is 7.68. The van der Waals surface area contributed by atoms with Crippen molar-refractivity contribution in [3.8, 4) is 0 Å².